The molecule has 208 valence electrons. The van der Waals surface area contributed by atoms with Crippen LogP contribution in [0.25, 0.3) is 33.5 Å². The lowest BCUT2D eigenvalue weighted by Gasteiger charge is -2.14. The molecule has 5 rings (SSSR count). The van der Waals surface area contributed by atoms with Gasteiger partial charge in [-0.3, -0.25) is 14.9 Å². The van der Waals surface area contributed by atoms with Crippen molar-refractivity contribution in [2.75, 3.05) is 6.61 Å². The molecule has 0 saturated heterocycles. The van der Waals surface area contributed by atoms with E-state index in [9.17, 15) is 19.7 Å². The second-order valence-corrected chi connectivity index (χ2v) is 10.0. The Morgan fingerprint density at radius 3 is 2.78 bits per heavy atom. The van der Waals surface area contributed by atoms with Gasteiger partial charge in [-0.15, -0.1) is 0 Å². The molecule has 0 unspecified atom stereocenters. The summed E-state index contributed by atoms with van der Waals surface area (Å²) < 4.78 is 18.3. The van der Waals surface area contributed by atoms with Crippen LogP contribution >= 0.6 is 27.5 Å². The lowest BCUT2D eigenvalue weighted by Crippen LogP contribution is -2.26. The number of hydrogen-bond acceptors (Lipinski definition) is 9. The number of rotatable bonds is 8. The Hall–Kier alpha value is -4.55. The second-order valence-electron chi connectivity index (χ2n) is 8.73. The maximum atomic E-state index is 13.5. The van der Waals surface area contributed by atoms with Crippen molar-refractivity contribution in [3.63, 3.8) is 0 Å². The van der Waals surface area contributed by atoms with E-state index < -0.39 is 28.2 Å². The van der Waals surface area contributed by atoms with Crippen LogP contribution in [0, 0.1) is 10.1 Å². The third-order valence-electron chi connectivity index (χ3n) is 5.93. The van der Waals surface area contributed by atoms with Crippen LogP contribution in [-0.2, 0) is 9.53 Å². The maximum absolute atomic E-state index is 13.5. The number of nitro benzene ring substituents is 1. The smallest absolute Gasteiger partial charge is 0.347 e. The number of fused-ring (bicyclic) bond motifs is 2. The number of furan rings is 1. The van der Waals surface area contributed by atoms with Crippen LogP contribution in [0.2, 0.25) is 5.02 Å². The first kappa shape index (κ1) is 28.0. The van der Waals surface area contributed by atoms with Crippen molar-refractivity contribution in [3.8, 4) is 17.3 Å². The van der Waals surface area contributed by atoms with E-state index in [0.29, 0.717) is 22.2 Å². The molecule has 3 aromatic carbocycles. The van der Waals surface area contributed by atoms with E-state index in [1.165, 1.54) is 25.3 Å². The second kappa shape index (κ2) is 11.5. The molecule has 0 aliphatic heterocycles. The molecule has 5 aromatic rings. The summed E-state index contributed by atoms with van der Waals surface area (Å²) in [6.45, 7) is 3.14. The van der Waals surface area contributed by atoms with E-state index in [4.69, 9.17) is 25.5 Å². The zero-order chi connectivity index (χ0) is 29.3. The minimum atomic E-state index is -1.14. The zero-order valence-electron chi connectivity index (χ0n) is 21.5. The predicted octanol–water partition coefficient (Wildman–Crippen LogP) is 6.35. The largest absolute Gasteiger partial charge is 0.471 e. The van der Waals surface area contributed by atoms with Gasteiger partial charge in [0.2, 0.25) is 11.6 Å². The van der Waals surface area contributed by atoms with Crippen LogP contribution in [0.3, 0.4) is 0 Å². The Morgan fingerprint density at radius 1 is 1.24 bits per heavy atom. The van der Waals surface area contributed by atoms with E-state index >= 15 is 0 Å². The van der Waals surface area contributed by atoms with Gasteiger partial charge in [0, 0.05) is 21.5 Å². The lowest BCUT2D eigenvalue weighted by atomic mass is 10.2. The number of ether oxygens (including phenoxy) is 2. The molecule has 0 saturated carbocycles. The monoisotopic (exact) mass is 638 g/mol. The molecule has 13 heteroatoms. The van der Waals surface area contributed by atoms with Gasteiger partial charge < -0.3 is 13.9 Å². The van der Waals surface area contributed by atoms with Gasteiger partial charge in [0.05, 0.1) is 33.7 Å². The molecule has 0 amide bonds. The number of nitrogens with zero attached hydrogens (tertiary/aromatic N) is 4. The minimum absolute atomic E-state index is 0.119. The van der Waals surface area contributed by atoms with Gasteiger partial charge in [0.15, 0.2) is 11.9 Å². The number of hydrogen-bond donors (Lipinski definition) is 0. The van der Waals surface area contributed by atoms with Gasteiger partial charge in [0.25, 0.3) is 5.56 Å². The molecule has 0 spiro atoms. The van der Waals surface area contributed by atoms with Gasteiger partial charge in [-0.25, -0.2) is 9.78 Å². The highest BCUT2D eigenvalue weighted by Crippen LogP contribution is 2.37. The van der Waals surface area contributed by atoms with Crippen LogP contribution in [0.4, 0.5) is 5.69 Å². The number of para-hydroxylation sites is 1. The van der Waals surface area contributed by atoms with Crippen molar-refractivity contribution < 1.29 is 23.6 Å². The summed E-state index contributed by atoms with van der Waals surface area (Å²) in [5.74, 6) is -0.579. The first-order valence-corrected chi connectivity index (χ1v) is 13.4. The van der Waals surface area contributed by atoms with Crippen molar-refractivity contribution in [2.45, 2.75) is 20.0 Å². The summed E-state index contributed by atoms with van der Waals surface area (Å²) in [7, 11) is 0. The molecular formula is C28H20BrClN4O7. The Morgan fingerprint density at radius 2 is 2.02 bits per heavy atom. The Bertz CT molecular complexity index is 1920. The molecular weight excluding hydrogens is 620 g/mol. The highest BCUT2D eigenvalue weighted by Gasteiger charge is 2.26. The molecule has 0 bridgehead atoms. The first-order chi connectivity index (χ1) is 19.7. The van der Waals surface area contributed by atoms with E-state index in [1.807, 2.05) is 12.1 Å². The Kier molecular flexibility index (Phi) is 7.86. The normalized spacial score (nSPS) is 12.2. The Balaban J connectivity index is 1.61. The van der Waals surface area contributed by atoms with Gasteiger partial charge >= 0.3 is 11.7 Å². The number of halogens is 2. The Labute approximate surface area is 245 Å². The number of aromatic nitrogens is 2. The third kappa shape index (κ3) is 5.70. The summed E-state index contributed by atoms with van der Waals surface area (Å²) in [6.07, 6.45) is 0.0952. The number of nitro groups is 1. The summed E-state index contributed by atoms with van der Waals surface area (Å²) in [5.41, 5.74) is 0.236. The number of carbonyl (C=O) groups is 1. The maximum Gasteiger partial charge on any atom is 0.347 e. The zero-order valence-corrected chi connectivity index (χ0v) is 23.9. The molecule has 0 aliphatic carbocycles. The fourth-order valence-corrected chi connectivity index (χ4v) is 4.70. The molecule has 41 heavy (non-hydrogen) atoms. The molecule has 0 aliphatic rings. The average Bonchev–Trinajstić information content (AvgIpc) is 3.36. The SMILES string of the molecule is CCOC(=O)[C@H](C)Oc1c(Cl)cc(C=Nn2c(-c3cc4cc(Br)ccc4o3)nc3ccccc3c2=O)cc1[N+](=O)[O-]. The fourth-order valence-electron chi connectivity index (χ4n) is 4.05. The topological polar surface area (TPSA) is 139 Å². The fraction of sp³-hybridized carbons (Fsp3) is 0.143. The average molecular weight is 640 g/mol. The molecule has 0 N–H and O–H groups in total. The minimum Gasteiger partial charge on any atom is -0.471 e. The summed E-state index contributed by atoms with van der Waals surface area (Å²) >= 11 is 9.77. The predicted molar refractivity (Wildman–Crippen MR) is 157 cm³/mol. The quantitative estimate of drug-likeness (QED) is 0.0829. The molecule has 0 fully saturated rings. The van der Waals surface area contributed by atoms with Crippen molar-refractivity contribution in [3.05, 3.63) is 96.2 Å². The van der Waals surface area contributed by atoms with Crippen molar-refractivity contribution >= 4 is 67.3 Å². The third-order valence-corrected chi connectivity index (χ3v) is 6.70. The highest BCUT2D eigenvalue weighted by atomic mass is 79.9. The molecule has 0 radical (unpaired) electrons. The van der Waals surface area contributed by atoms with Crippen LogP contribution in [-0.4, -0.2) is 39.5 Å². The lowest BCUT2D eigenvalue weighted by molar-refractivity contribution is -0.386. The van der Waals surface area contributed by atoms with Crippen LogP contribution < -0.4 is 10.3 Å². The van der Waals surface area contributed by atoms with Crippen molar-refractivity contribution in [1.29, 1.82) is 0 Å². The number of carbonyl (C=O) groups excluding carboxylic acids is 1. The van der Waals surface area contributed by atoms with Crippen LogP contribution in [0.15, 0.2) is 79.4 Å². The summed E-state index contributed by atoms with van der Waals surface area (Å²) in [5, 5.41) is 17.1. The van der Waals surface area contributed by atoms with Crippen molar-refractivity contribution in [1.82, 2.24) is 9.66 Å². The standard InChI is InChI=1S/C28H20BrClN4O7/c1-3-39-28(36)15(2)40-25-20(30)10-16(11-22(25)34(37)38)14-31-33-26(32-21-7-5-4-6-19(21)27(33)35)24-13-17-12-18(29)8-9-23(17)41-24/h4-15H,3H2,1-2H3/t15-/m0/s1. The van der Waals surface area contributed by atoms with Gasteiger partial charge in [-0.05, 0) is 56.3 Å². The molecule has 11 nitrogen and oxygen atoms in total. The summed E-state index contributed by atoms with van der Waals surface area (Å²) in [4.78, 5) is 41.3. The number of benzene rings is 3. The first-order valence-electron chi connectivity index (χ1n) is 12.2. The van der Waals surface area contributed by atoms with Crippen LogP contribution in [0.1, 0.15) is 19.4 Å². The van der Waals surface area contributed by atoms with E-state index in [-0.39, 0.29) is 28.8 Å². The summed E-state index contributed by atoms with van der Waals surface area (Å²) in [6, 6.07) is 16.5. The van der Waals surface area contributed by atoms with Gasteiger partial charge in [-0.1, -0.05) is 39.7 Å². The number of esters is 1. The molecule has 2 aromatic heterocycles. The van der Waals surface area contributed by atoms with Gasteiger partial charge in [0.1, 0.15) is 5.58 Å². The van der Waals surface area contributed by atoms with Crippen LogP contribution in [0.5, 0.6) is 5.75 Å². The van der Waals surface area contributed by atoms with E-state index in [2.05, 4.69) is 26.0 Å². The molecule has 1 atom stereocenters. The van der Waals surface area contributed by atoms with E-state index in [0.717, 1.165) is 14.5 Å². The van der Waals surface area contributed by atoms with Crippen molar-refractivity contribution in [2.24, 2.45) is 5.10 Å². The van der Waals surface area contributed by atoms with Gasteiger partial charge in [-0.2, -0.15) is 9.78 Å². The molecule has 2 heterocycles. The van der Waals surface area contributed by atoms with E-state index in [1.54, 1.807) is 43.3 Å². The highest BCUT2D eigenvalue weighted by molar-refractivity contribution is 9.10.